The predicted molar refractivity (Wildman–Crippen MR) is 101 cm³/mol. The van der Waals surface area contributed by atoms with Crippen LogP contribution in [-0.4, -0.2) is 20.3 Å². The Hall–Kier alpha value is -2.52. The highest BCUT2D eigenvalue weighted by Crippen LogP contribution is 2.26. The standard InChI is InChI=1S/C22H23NO2/c1-24-21-9-8-18-10-16(6-7-19(18)12-21)13-23-14-17-11-20-4-2-3-5-22(20)25-15-17/h2-10,12,17,23H,11,13-15H2,1H3. The molecule has 3 heteroatoms. The Balaban J connectivity index is 1.35. The summed E-state index contributed by atoms with van der Waals surface area (Å²) in [6.07, 6.45) is 1.08. The molecular weight excluding hydrogens is 310 g/mol. The minimum absolute atomic E-state index is 0.527. The number of hydrogen-bond donors (Lipinski definition) is 1. The molecule has 1 atom stereocenters. The highest BCUT2D eigenvalue weighted by molar-refractivity contribution is 5.84. The van der Waals surface area contributed by atoms with Crippen molar-refractivity contribution in [2.75, 3.05) is 20.3 Å². The molecule has 3 nitrogen and oxygen atoms in total. The molecule has 0 bridgehead atoms. The van der Waals surface area contributed by atoms with Crippen LogP contribution in [0, 0.1) is 5.92 Å². The summed E-state index contributed by atoms with van der Waals surface area (Å²) in [5.41, 5.74) is 2.62. The Morgan fingerprint density at radius 2 is 1.88 bits per heavy atom. The lowest BCUT2D eigenvalue weighted by Gasteiger charge is -2.25. The molecule has 1 unspecified atom stereocenters. The first-order valence-electron chi connectivity index (χ1n) is 8.80. The van der Waals surface area contributed by atoms with Crippen LogP contribution in [0.25, 0.3) is 10.8 Å². The molecule has 1 aliphatic heterocycles. The number of ether oxygens (including phenoxy) is 2. The largest absolute Gasteiger partial charge is 0.497 e. The quantitative estimate of drug-likeness (QED) is 0.759. The van der Waals surface area contributed by atoms with Crippen LogP contribution in [0.5, 0.6) is 11.5 Å². The van der Waals surface area contributed by atoms with Crippen molar-refractivity contribution in [1.29, 1.82) is 0 Å². The third-order valence-electron chi connectivity index (χ3n) is 4.83. The van der Waals surface area contributed by atoms with Crippen molar-refractivity contribution in [2.24, 2.45) is 5.92 Å². The van der Waals surface area contributed by atoms with Crippen molar-refractivity contribution < 1.29 is 9.47 Å². The van der Waals surface area contributed by atoms with Crippen LogP contribution in [0.3, 0.4) is 0 Å². The Labute approximate surface area is 148 Å². The molecule has 0 radical (unpaired) electrons. The SMILES string of the molecule is COc1ccc2cc(CNCC3COc4ccccc4C3)ccc2c1. The van der Waals surface area contributed by atoms with Gasteiger partial charge in [0.15, 0.2) is 0 Å². The van der Waals surface area contributed by atoms with Gasteiger partial charge in [0.2, 0.25) is 0 Å². The average molecular weight is 333 g/mol. The second kappa shape index (κ2) is 7.16. The number of hydrogen-bond acceptors (Lipinski definition) is 3. The molecule has 25 heavy (non-hydrogen) atoms. The topological polar surface area (TPSA) is 30.5 Å². The van der Waals surface area contributed by atoms with E-state index >= 15 is 0 Å². The fraction of sp³-hybridized carbons (Fsp3) is 0.273. The van der Waals surface area contributed by atoms with Crippen LogP contribution in [0.1, 0.15) is 11.1 Å². The van der Waals surface area contributed by atoms with E-state index in [2.05, 4.69) is 53.8 Å². The zero-order valence-corrected chi connectivity index (χ0v) is 14.5. The molecule has 0 amide bonds. The van der Waals surface area contributed by atoms with E-state index in [4.69, 9.17) is 9.47 Å². The lowest BCUT2D eigenvalue weighted by Crippen LogP contribution is -2.31. The Kier molecular flexibility index (Phi) is 4.57. The van der Waals surface area contributed by atoms with E-state index in [1.165, 1.54) is 21.9 Å². The van der Waals surface area contributed by atoms with Crippen molar-refractivity contribution in [2.45, 2.75) is 13.0 Å². The van der Waals surface area contributed by atoms with E-state index in [9.17, 15) is 0 Å². The molecule has 0 aromatic heterocycles. The monoisotopic (exact) mass is 333 g/mol. The van der Waals surface area contributed by atoms with Crippen molar-refractivity contribution >= 4 is 10.8 Å². The summed E-state index contributed by atoms with van der Waals surface area (Å²) in [7, 11) is 1.70. The van der Waals surface area contributed by atoms with Crippen molar-refractivity contribution in [3.63, 3.8) is 0 Å². The van der Waals surface area contributed by atoms with Gasteiger partial charge < -0.3 is 14.8 Å². The molecule has 0 spiro atoms. The van der Waals surface area contributed by atoms with Gasteiger partial charge in [-0.3, -0.25) is 0 Å². The highest BCUT2D eigenvalue weighted by atomic mass is 16.5. The Bertz CT molecular complexity index is 875. The number of rotatable bonds is 5. The first-order chi connectivity index (χ1) is 12.3. The van der Waals surface area contributed by atoms with Crippen LogP contribution >= 0.6 is 0 Å². The zero-order chi connectivity index (χ0) is 17.1. The fourth-order valence-corrected chi connectivity index (χ4v) is 3.45. The normalized spacial score (nSPS) is 16.3. The molecule has 0 saturated heterocycles. The van der Waals surface area contributed by atoms with Crippen molar-refractivity contribution in [1.82, 2.24) is 5.32 Å². The lowest BCUT2D eigenvalue weighted by molar-refractivity contribution is 0.218. The molecule has 0 aliphatic carbocycles. The molecule has 1 heterocycles. The van der Waals surface area contributed by atoms with Gasteiger partial charge in [-0.2, -0.15) is 0 Å². The van der Waals surface area contributed by atoms with Gasteiger partial charge in [0, 0.05) is 19.0 Å². The van der Waals surface area contributed by atoms with E-state index in [1.54, 1.807) is 7.11 Å². The third kappa shape index (κ3) is 3.62. The van der Waals surface area contributed by atoms with Gasteiger partial charge in [0.05, 0.1) is 13.7 Å². The Morgan fingerprint density at radius 1 is 1.04 bits per heavy atom. The number of nitrogens with one attached hydrogen (secondary N) is 1. The zero-order valence-electron chi connectivity index (χ0n) is 14.5. The summed E-state index contributed by atoms with van der Waals surface area (Å²) < 4.78 is 11.2. The summed E-state index contributed by atoms with van der Waals surface area (Å²) in [5.74, 6) is 2.47. The van der Waals surface area contributed by atoms with E-state index < -0.39 is 0 Å². The summed E-state index contributed by atoms with van der Waals surface area (Å²) in [5, 5.41) is 6.04. The molecule has 4 rings (SSSR count). The van der Waals surface area contributed by atoms with Gasteiger partial charge in [-0.15, -0.1) is 0 Å². The smallest absolute Gasteiger partial charge is 0.122 e. The van der Waals surface area contributed by atoms with Crippen LogP contribution in [0.15, 0.2) is 60.7 Å². The van der Waals surface area contributed by atoms with Gasteiger partial charge in [-0.25, -0.2) is 0 Å². The van der Waals surface area contributed by atoms with E-state index in [1.807, 2.05) is 12.1 Å². The highest BCUT2D eigenvalue weighted by Gasteiger charge is 2.18. The summed E-state index contributed by atoms with van der Waals surface area (Å²) in [4.78, 5) is 0. The van der Waals surface area contributed by atoms with E-state index in [0.717, 1.165) is 37.6 Å². The van der Waals surface area contributed by atoms with Gasteiger partial charge in [-0.05, 0) is 52.6 Å². The second-order valence-corrected chi connectivity index (χ2v) is 6.67. The van der Waals surface area contributed by atoms with Crippen molar-refractivity contribution in [3.05, 3.63) is 71.8 Å². The number of para-hydroxylation sites is 1. The van der Waals surface area contributed by atoms with E-state index in [0.29, 0.717) is 5.92 Å². The maximum absolute atomic E-state index is 5.87. The van der Waals surface area contributed by atoms with Gasteiger partial charge in [0.1, 0.15) is 11.5 Å². The molecule has 3 aromatic rings. The average Bonchev–Trinajstić information content (AvgIpc) is 2.67. The first kappa shape index (κ1) is 16.0. The summed E-state index contributed by atoms with van der Waals surface area (Å²) >= 11 is 0. The lowest BCUT2D eigenvalue weighted by atomic mass is 9.96. The number of fused-ring (bicyclic) bond motifs is 2. The predicted octanol–water partition coefficient (Wildman–Crippen LogP) is 4.19. The number of methoxy groups -OCH3 is 1. The molecule has 0 fully saturated rings. The molecule has 3 aromatic carbocycles. The van der Waals surface area contributed by atoms with Gasteiger partial charge in [0.25, 0.3) is 0 Å². The summed E-state index contributed by atoms with van der Waals surface area (Å²) in [6, 6.07) is 21.1. The minimum Gasteiger partial charge on any atom is -0.497 e. The summed E-state index contributed by atoms with van der Waals surface area (Å²) in [6.45, 7) is 2.64. The molecular formula is C22H23NO2. The minimum atomic E-state index is 0.527. The maximum Gasteiger partial charge on any atom is 0.122 e. The van der Waals surface area contributed by atoms with Crippen LogP contribution < -0.4 is 14.8 Å². The Morgan fingerprint density at radius 3 is 2.80 bits per heavy atom. The van der Waals surface area contributed by atoms with Crippen LogP contribution in [0.4, 0.5) is 0 Å². The molecule has 1 aliphatic rings. The van der Waals surface area contributed by atoms with Crippen LogP contribution in [0.2, 0.25) is 0 Å². The fourth-order valence-electron chi connectivity index (χ4n) is 3.45. The molecule has 1 N–H and O–H groups in total. The van der Waals surface area contributed by atoms with Gasteiger partial charge >= 0.3 is 0 Å². The number of benzene rings is 3. The van der Waals surface area contributed by atoms with Crippen LogP contribution in [-0.2, 0) is 13.0 Å². The third-order valence-corrected chi connectivity index (χ3v) is 4.83. The van der Waals surface area contributed by atoms with Gasteiger partial charge in [-0.1, -0.05) is 36.4 Å². The van der Waals surface area contributed by atoms with E-state index in [-0.39, 0.29) is 0 Å². The first-order valence-corrected chi connectivity index (χ1v) is 8.80. The molecule has 0 saturated carbocycles. The van der Waals surface area contributed by atoms with Crippen molar-refractivity contribution in [3.8, 4) is 11.5 Å². The molecule has 128 valence electrons. The maximum atomic E-state index is 5.87. The second-order valence-electron chi connectivity index (χ2n) is 6.67.